The number of nitrogens with one attached hydrogen (secondary N) is 1. The van der Waals surface area contributed by atoms with E-state index in [1.165, 1.54) is 16.7 Å². The highest BCUT2D eigenvalue weighted by molar-refractivity contribution is 7.09. The first-order valence-electron chi connectivity index (χ1n) is 8.67. The lowest BCUT2D eigenvalue weighted by Gasteiger charge is -2.27. The van der Waals surface area contributed by atoms with Crippen molar-refractivity contribution < 1.29 is 4.79 Å². The van der Waals surface area contributed by atoms with Crippen LogP contribution in [-0.2, 0) is 6.54 Å². The number of carbonyl (C=O) groups excluding carboxylic acids is 1. The van der Waals surface area contributed by atoms with Crippen LogP contribution in [0.5, 0.6) is 0 Å². The molecule has 1 aliphatic heterocycles. The van der Waals surface area contributed by atoms with E-state index in [0.717, 1.165) is 16.3 Å². The van der Waals surface area contributed by atoms with Crippen LogP contribution in [0.2, 0.25) is 0 Å². The average Bonchev–Trinajstić information content (AvgIpc) is 3.20. The number of fused-ring (bicyclic) bond motifs is 1. The maximum atomic E-state index is 13.0. The molecule has 0 radical (unpaired) electrons. The Morgan fingerprint density at radius 3 is 2.62 bits per heavy atom. The highest BCUT2D eigenvalue weighted by Gasteiger charge is 2.38. The first-order valence-corrected chi connectivity index (χ1v) is 9.55. The molecule has 1 aromatic carbocycles. The molecule has 0 saturated heterocycles. The van der Waals surface area contributed by atoms with Gasteiger partial charge in [0.05, 0.1) is 17.8 Å². The molecule has 0 saturated carbocycles. The third-order valence-electron chi connectivity index (χ3n) is 4.76. The number of aromatic nitrogens is 1. The molecule has 0 bridgehead atoms. The summed E-state index contributed by atoms with van der Waals surface area (Å²) in [5.74, 6) is 0.0291. The van der Waals surface area contributed by atoms with E-state index in [0.29, 0.717) is 12.1 Å². The molecule has 0 aliphatic carbocycles. The highest BCUT2D eigenvalue weighted by atomic mass is 32.1. The maximum absolute atomic E-state index is 13.0. The first kappa shape index (κ1) is 16.8. The number of hydrogen-bond donors (Lipinski definition) is 1. The van der Waals surface area contributed by atoms with Gasteiger partial charge in [0, 0.05) is 16.8 Å². The van der Waals surface area contributed by atoms with E-state index in [1.54, 1.807) is 17.5 Å². The van der Waals surface area contributed by atoms with Crippen molar-refractivity contribution in [1.82, 2.24) is 9.88 Å². The standard InChI is InChI=1S/C21H21N3OS/c1-13-10-14(2)18(15(3)11-13)23-20-19-17(7-4-8-22-19)21(25)24(20)12-16-6-5-9-26-16/h4-11,20,23H,12H2,1-3H3/t20-/m0/s1. The van der Waals surface area contributed by atoms with Crippen LogP contribution >= 0.6 is 11.3 Å². The SMILES string of the molecule is Cc1cc(C)c(N[C@@H]2c3ncccc3C(=O)N2Cc2cccs2)c(C)c1. The second-order valence-corrected chi connectivity index (χ2v) is 7.80. The summed E-state index contributed by atoms with van der Waals surface area (Å²) in [5.41, 5.74) is 6.15. The number of aryl methyl sites for hydroxylation is 3. The van der Waals surface area contributed by atoms with Gasteiger partial charge in [-0.25, -0.2) is 0 Å². The predicted molar refractivity (Wildman–Crippen MR) is 105 cm³/mol. The van der Waals surface area contributed by atoms with Crippen LogP contribution in [0.15, 0.2) is 48.0 Å². The van der Waals surface area contributed by atoms with Crippen molar-refractivity contribution >= 4 is 22.9 Å². The molecule has 2 aromatic heterocycles. The Morgan fingerprint density at radius 2 is 1.92 bits per heavy atom. The highest BCUT2D eigenvalue weighted by Crippen LogP contribution is 2.36. The van der Waals surface area contributed by atoms with Gasteiger partial charge in [-0.2, -0.15) is 0 Å². The van der Waals surface area contributed by atoms with E-state index in [1.807, 2.05) is 28.5 Å². The smallest absolute Gasteiger partial charge is 0.258 e. The maximum Gasteiger partial charge on any atom is 0.258 e. The molecular formula is C21H21N3OS. The minimum Gasteiger partial charge on any atom is -0.360 e. The third-order valence-corrected chi connectivity index (χ3v) is 5.63. The van der Waals surface area contributed by atoms with Crippen LogP contribution in [0.1, 0.15) is 43.8 Å². The summed E-state index contributed by atoms with van der Waals surface area (Å²) >= 11 is 1.67. The molecule has 5 heteroatoms. The number of pyridine rings is 1. The van der Waals surface area contributed by atoms with E-state index in [9.17, 15) is 4.79 Å². The third kappa shape index (κ3) is 2.88. The van der Waals surface area contributed by atoms with Gasteiger partial charge in [-0.1, -0.05) is 23.8 Å². The largest absolute Gasteiger partial charge is 0.360 e. The van der Waals surface area contributed by atoms with E-state index in [-0.39, 0.29) is 12.1 Å². The van der Waals surface area contributed by atoms with Gasteiger partial charge in [-0.05, 0) is 55.5 Å². The second-order valence-electron chi connectivity index (χ2n) is 6.77. The number of carbonyl (C=O) groups is 1. The summed E-state index contributed by atoms with van der Waals surface area (Å²) < 4.78 is 0. The van der Waals surface area contributed by atoms with Crippen molar-refractivity contribution in [2.75, 3.05) is 5.32 Å². The zero-order chi connectivity index (χ0) is 18.3. The molecule has 1 atom stereocenters. The summed E-state index contributed by atoms with van der Waals surface area (Å²) in [5, 5.41) is 5.64. The Bertz CT molecular complexity index is 942. The number of benzene rings is 1. The molecule has 1 N–H and O–H groups in total. The predicted octanol–water partition coefficient (Wildman–Crippen LogP) is 4.84. The number of amides is 1. The molecule has 132 valence electrons. The number of anilines is 1. The molecule has 4 rings (SSSR count). The number of hydrogen-bond acceptors (Lipinski definition) is 4. The number of nitrogens with zero attached hydrogens (tertiary/aromatic N) is 2. The lowest BCUT2D eigenvalue weighted by atomic mass is 10.0. The minimum atomic E-state index is -0.263. The molecule has 3 aromatic rings. The molecule has 1 amide bonds. The molecule has 0 spiro atoms. The minimum absolute atomic E-state index is 0.0291. The van der Waals surface area contributed by atoms with Crippen LogP contribution < -0.4 is 5.32 Å². The van der Waals surface area contributed by atoms with Crippen LogP contribution in [0.3, 0.4) is 0 Å². The summed E-state index contributed by atoms with van der Waals surface area (Å²) in [6.07, 6.45) is 1.49. The van der Waals surface area contributed by atoms with E-state index in [2.05, 4.69) is 49.3 Å². The van der Waals surface area contributed by atoms with Crippen LogP contribution in [-0.4, -0.2) is 15.8 Å². The van der Waals surface area contributed by atoms with Gasteiger partial charge in [0.2, 0.25) is 0 Å². The summed E-state index contributed by atoms with van der Waals surface area (Å²) in [7, 11) is 0. The lowest BCUT2D eigenvalue weighted by Crippen LogP contribution is -2.32. The normalized spacial score (nSPS) is 16.0. The van der Waals surface area contributed by atoms with Crippen molar-refractivity contribution in [3.8, 4) is 0 Å². The fourth-order valence-corrected chi connectivity index (χ4v) is 4.36. The molecule has 26 heavy (non-hydrogen) atoms. The Morgan fingerprint density at radius 1 is 1.15 bits per heavy atom. The monoisotopic (exact) mass is 363 g/mol. The van der Waals surface area contributed by atoms with Gasteiger partial charge in [-0.15, -0.1) is 11.3 Å². The van der Waals surface area contributed by atoms with Gasteiger partial charge in [0.25, 0.3) is 5.91 Å². The van der Waals surface area contributed by atoms with Crippen molar-refractivity contribution in [3.05, 3.63) is 80.8 Å². The number of rotatable bonds is 4. The summed E-state index contributed by atoms with van der Waals surface area (Å²) in [6.45, 7) is 6.88. The zero-order valence-corrected chi connectivity index (χ0v) is 15.9. The Kier molecular flexibility index (Phi) is 4.24. The Hall–Kier alpha value is -2.66. The quantitative estimate of drug-likeness (QED) is 0.722. The molecule has 1 aliphatic rings. The fourth-order valence-electron chi connectivity index (χ4n) is 3.66. The summed E-state index contributed by atoms with van der Waals surface area (Å²) in [4.78, 5) is 20.6. The molecule has 3 heterocycles. The Balaban J connectivity index is 1.74. The van der Waals surface area contributed by atoms with E-state index >= 15 is 0 Å². The van der Waals surface area contributed by atoms with Crippen molar-refractivity contribution in [3.63, 3.8) is 0 Å². The zero-order valence-electron chi connectivity index (χ0n) is 15.1. The van der Waals surface area contributed by atoms with Crippen molar-refractivity contribution in [2.45, 2.75) is 33.5 Å². The lowest BCUT2D eigenvalue weighted by molar-refractivity contribution is 0.0729. The fraction of sp³-hybridized carbons (Fsp3) is 0.238. The second kappa shape index (κ2) is 6.57. The van der Waals surface area contributed by atoms with E-state index < -0.39 is 0 Å². The van der Waals surface area contributed by atoms with Crippen LogP contribution in [0.25, 0.3) is 0 Å². The van der Waals surface area contributed by atoms with Gasteiger partial charge in [0.1, 0.15) is 6.17 Å². The topological polar surface area (TPSA) is 45.2 Å². The van der Waals surface area contributed by atoms with Gasteiger partial charge >= 0.3 is 0 Å². The van der Waals surface area contributed by atoms with E-state index in [4.69, 9.17) is 0 Å². The van der Waals surface area contributed by atoms with Crippen LogP contribution in [0, 0.1) is 20.8 Å². The molecular weight excluding hydrogens is 342 g/mol. The Labute approximate surface area is 157 Å². The number of thiophene rings is 1. The van der Waals surface area contributed by atoms with Crippen LogP contribution in [0.4, 0.5) is 5.69 Å². The summed E-state index contributed by atoms with van der Waals surface area (Å²) in [6, 6.07) is 12.1. The van der Waals surface area contributed by atoms with Gasteiger partial charge < -0.3 is 10.2 Å². The first-order chi connectivity index (χ1) is 12.5. The van der Waals surface area contributed by atoms with Gasteiger partial charge in [-0.3, -0.25) is 9.78 Å². The molecule has 4 nitrogen and oxygen atoms in total. The van der Waals surface area contributed by atoms with Crippen molar-refractivity contribution in [1.29, 1.82) is 0 Å². The van der Waals surface area contributed by atoms with Gasteiger partial charge in [0.15, 0.2) is 0 Å². The molecule has 0 fully saturated rings. The molecule has 0 unspecified atom stereocenters. The van der Waals surface area contributed by atoms with Crippen molar-refractivity contribution in [2.24, 2.45) is 0 Å². The average molecular weight is 363 g/mol.